The first-order chi connectivity index (χ1) is 11.2. The van der Waals surface area contributed by atoms with Crippen molar-refractivity contribution in [3.05, 3.63) is 59.5 Å². The third kappa shape index (κ3) is 3.26. The molecule has 0 saturated heterocycles. The van der Waals surface area contributed by atoms with Gasteiger partial charge in [-0.25, -0.2) is 4.79 Å². The van der Waals surface area contributed by atoms with Gasteiger partial charge in [-0.15, -0.1) is 0 Å². The quantitative estimate of drug-likeness (QED) is 0.670. The number of hydrogen-bond donors (Lipinski definition) is 0. The Hall–Kier alpha value is -3.02. The van der Waals surface area contributed by atoms with Gasteiger partial charge in [-0.3, -0.25) is 0 Å². The van der Waals surface area contributed by atoms with E-state index in [9.17, 15) is 4.79 Å². The molecule has 0 saturated carbocycles. The molecule has 0 aliphatic heterocycles. The number of rotatable bonds is 5. The van der Waals surface area contributed by atoms with Gasteiger partial charge >= 0.3 is 5.97 Å². The van der Waals surface area contributed by atoms with E-state index in [1.54, 1.807) is 49.8 Å². The maximum absolute atomic E-state index is 12.1. The van der Waals surface area contributed by atoms with Crippen LogP contribution in [0.5, 0.6) is 5.75 Å². The lowest BCUT2D eigenvalue weighted by Gasteiger charge is -2.07. The number of ether oxygens (including phenoxy) is 2. The Labute approximate surface area is 132 Å². The lowest BCUT2D eigenvalue weighted by Crippen LogP contribution is -2.06. The van der Waals surface area contributed by atoms with E-state index < -0.39 is 5.97 Å². The minimum Gasteiger partial charge on any atom is -0.496 e. The van der Waals surface area contributed by atoms with Gasteiger partial charge in [0.25, 0.3) is 0 Å². The van der Waals surface area contributed by atoms with Crippen LogP contribution in [0.2, 0.25) is 0 Å². The minimum atomic E-state index is -0.453. The summed E-state index contributed by atoms with van der Waals surface area (Å²) in [6.45, 7) is 1.92. The van der Waals surface area contributed by atoms with Gasteiger partial charge in [-0.1, -0.05) is 11.2 Å². The third-order valence-electron chi connectivity index (χ3n) is 3.32. The molecule has 0 spiro atoms. The van der Waals surface area contributed by atoms with Crippen molar-refractivity contribution in [1.29, 1.82) is 0 Å². The van der Waals surface area contributed by atoms with Crippen molar-refractivity contribution in [3.63, 3.8) is 0 Å². The Kier molecular flexibility index (Phi) is 4.14. The fourth-order valence-electron chi connectivity index (χ4n) is 2.08. The van der Waals surface area contributed by atoms with Crippen molar-refractivity contribution in [2.24, 2.45) is 0 Å². The summed E-state index contributed by atoms with van der Waals surface area (Å²) in [6, 6.07) is 10.3. The molecule has 6 nitrogen and oxygen atoms in total. The van der Waals surface area contributed by atoms with Gasteiger partial charge in [-0.2, -0.15) is 0 Å². The van der Waals surface area contributed by atoms with E-state index in [1.807, 2.05) is 6.92 Å². The molecule has 0 amide bonds. The van der Waals surface area contributed by atoms with Gasteiger partial charge in [0.15, 0.2) is 5.76 Å². The number of aryl methyl sites for hydroxylation is 1. The summed E-state index contributed by atoms with van der Waals surface area (Å²) in [4.78, 5) is 12.1. The molecule has 1 aromatic carbocycles. The van der Waals surface area contributed by atoms with Crippen molar-refractivity contribution >= 4 is 5.97 Å². The number of furan rings is 1. The predicted octanol–water partition coefficient (Wildman–Crippen LogP) is 3.61. The SMILES string of the molecule is COc1cc(C(=O)OCc2cc(-c3ccco3)on2)ccc1C. The molecule has 0 N–H and O–H groups in total. The van der Waals surface area contributed by atoms with Crippen LogP contribution in [0.1, 0.15) is 21.6 Å². The van der Waals surface area contributed by atoms with Crippen LogP contribution in [0.3, 0.4) is 0 Å². The second kappa shape index (κ2) is 6.39. The van der Waals surface area contributed by atoms with Gasteiger partial charge in [0, 0.05) is 6.07 Å². The number of aromatic nitrogens is 1. The molecular weight excluding hydrogens is 298 g/mol. The van der Waals surface area contributed by atoms with E-state index in [0.29, 0.717) is 28.5 Å². The number of nitrogens with zero attached hydrogens (tertiary/aromatic N) is 1. The molecule has 0 atom stereocenters. The first kappa shape index (κ1) is 14.9. The first-order valence-corrected chi connectivity index (χ1v) is 6.98. The van der Waals surface area contributed by atoms with Crippen LogP contribution >= 0.6 is 0 Å². The van der Waals surface area contributed by atoms with Gasteiger partial charge in [0.1, 0.15) is 18.1 Å². The van der Waals surface area contributed by atoms with Crippen molar-refractivity contribution in [2.75, 3.05) is 7.11 Å². The highest BCUT2D eigenvalue weighted by Crippen LogP contribution is 2.22. The van der Waals surface area contributed by atoms with Gasteiger partial charge in [-0.05, 0) is 36.8 Å². The van der Waals surface area contributed by atoms with E-state index in [-0.39, 0.29) is 6.61 Å². The second-order valence-electron chi connectivity index (χ2n) is 4.92. The molecule has 23 heavy (non-hydrogen) atoms. The van der Waals surface area contributed by atoms with Crippen molar-refractivity contribution in [2.45, 2.75) is 13.5 Å². The molecule has 0 radical (unpaired) electrons. The van der Waals surface area contributed by atoms with Crippen molar-refractivity contribution < 1.29 is 23.2 Å². The number of carbonyl (C=O) groups is 1. The summed E-state index contributed by atoms with van der Waals surface area (Å²) < 4.78 is 20.8. The van der Waals surface area contributed by atoms with Gasteiger partial charge < -0.3 is 18.4 Å². The fourth-order valence-corrected chi connectivity index (χ4v) is 2.08. The number of methoxy groups -OCH3 is 1. The molecule has 2 heterocycles. The average Bonchev–Trinajstić information content (AvgIpc) is 3.24. The number of benzene rings is 1. The highest BCUT2D eigenvalue weighted by atomic mass is 16.5. The number of carbonyl (C=O) groups excluding carboxylic acids is 1. The Morgan fingerprint density at radius 1 is 1.22 bits per heavy atom. The predicted molar refractivity (Wildman–Crippen MR) is 81.1 cm³/mol. The largest absolute Gasteiger partial charge is 0.496 e. The maximum atomic E-state index is 12.1. The summed E-state index contributed by atoms with van der Waals surface area (Å²) in [5, 5.41) is 3.85. The van der Waals surface area contributed by atoms with E-state index >= 15 is 0 Å². The van der Waals surface area contributed by atoms with Crippen molar-refractivity contribution in [1.82, 2.24) is 5.16 Å². The number of hydrogen-bond acceptors (Lipinski definition) is 6. The highest BCUT2D eigenvalue weighted by molar-refractivity contribution is 5.90. The van der Waals surface area contributed by atoms with Crippen LogP contribution < -0.4 is 4.74 Å². The molecule has 0 aliphatic carbocycles. The van der Waals surface area contributed by atoms with E-state index in [0.717, 1.165) is 5.56 Å². The Bertz CT molecular complexity index is 804. The smallest absolute Gasteiger partial charge is 0.338 e. The maximum Gasteiger partial charge on any atom is 0.338 e. The molecule has 0 fully saturated rings. The molecule has 2 aromatic heterocycles. The van der Waals surface area contributed by atoms with Crippen LogP contribution in [0.15, 0.2) is 51.6 Å². The van der Waals surface area contributed by atoms with Crippen LogP contribution in [0, 0.1) is 6.92 Å². The summed E-state index contributed by atoms with van der Waals surface area (Å²) in [6.07, 6.45) is 1.54. The van der Waals surface area contributed by atoms with Crippen LogP contribution in [0.4, 0.5) is 0 Å². The van der Waals surface area contributed by atoms with Crippen LogP contribution in [0.25, 0.3) is 11.5 Å². The molecule has 118 valence electrons. The summed E-state index contributed by atoms with van der Waals surface area (Å²) in [5.74, 6) is 1.24. The Morgan fingerprint density at radius 3 is 2.83 bits per heavy atom. The Balaban J connectivity index is 1.65. The second-order valence-corrected chi connectivity index (χ2v) is 4.92. The monoisotopic (exact) mass is 313 g/mol. The zero-order chi connectivity index (χ0) is 16.2. The molecule has 3 aromatic rings. The highest BCUT2D eigenvalue weighted by Gasteiger charge is 2.13. The minimum absolute atomic E-state index is 0.0131. The average molecular weight is 313 g/mol. The van der Waals surface area contributed by atoms with Crippen LogP contribution in [-0.4, -0.2) is 18.2 Å². The molecule has 3 rings (SSSR count). The van der Waals surface area contributed by atoms with Gasteiger partial charge in [0.2, 0.25) is 5.76 Å². The fraction of sp³-hybridized carbons (Fsp3) is 0.176. The summed E-state index contributed by atoms with van der Waals surface area (Å²) in [7, 11) is 1.56. The first-order valence-electron chi connectivity index (χ1n) is 6.98. The molecule has 0 aliphatic rings. The lowest BCUT2D eigenvalue weighted by molar-refractivity contribution is 0.0464. The standard InChI is InChI=1S/C17H15NO5/c1-11-5-6-12(8-15(11)20-2)17(19)22-10-13-9-16(23-18-13)14-4-3-7-21-14/h3-9H,10H2,1-2H3. The zero-order valence-corrected chi connectivity index (χ0v) is 12.7. The molecule has 6 heteroatoms. The van der Waals surface area contributed by atoms with Crippen LogP contribution in [-0.2, 0) is 11.3 Å². The molecular formula is C17H15NO5. The molecule has 0 bridgehead atoms. The van der Waals surface area contributed by atoms with Crippen molar-refractivity contribution in [3.8, 4) is 17.3 Å². The van der Waals surface area contributed by atoms with E-state index in [1.165, 1.54) is 0 Å². The molecule has 0 unspecified atom stereocenters. The zero-order valence-electron chi connectivity index (χ0n) is 12.7. The normalized spacial score (nSPS) is 10.5. The van der Waals surface area contributed by atoms with E-state index in [4.69, 9.17) is 18.4 Å². The summed E-state index contributed by atoms with van der Waals surface area (Å²) >= 11 is 0. The van der Waals surface area contributed by atoms with E-state index in [2.05, 4.69) is 5.16 Å². The third-order valence-corrected chi connectivity index (χ3v) is 3.32. The summed E-state index contributed by atoms with van der Waals surface area (Å²) in [5.41, 5.74) is 1.87. The number of esters is 1. The Morgan fingerprint density at radius 2 is 2.09 bits per heavy atom. The van der Waals surface area contributed by atoms with Gasteiger partial charge in [0.05, 0.1) is 18.9 Å². The topological polar surface area (TPSA) is 74.7 Å². The lowest BCUT2D eigenvalue weighted by atomic mass is 10.1.